The molecule has 0 aromatic carbocycles. The topological polar surface area (TPSA) is 39.9 Å². The Morgan fingerprint density at radius 3 is 2.55 bits per heavy atom. The highest BCUT2D eigenvalue weighted by Gasteiger charge is 1.96. The first-order valence-electron chi connectivity index (χ1n) is 3.66. The Morgan fingerprint density at radius 2 is 2.18 bits per heavy atom. The fraction of sp³-hybridized carbons (Fsp3) is 0.714. The Hall–Kier alpha value is -0.900. The molecule has 4 heteroatoms. The third-order valence-corrected chi connectivity index (χ3v) is 1.08. The van der Waals surface area contributed by atoms with Gasteiger partial charge in [0.15, 0.2) is 5.82 Å². The normalized spacial score (nSPS) is 8.73. The molecular formula is C7H15N3O. The lowest BCUT2D eigenvalue weighted by molar-refractivity contribution is 0.175. The van der Waals surface area contributed by atoms with Gasteiger partial charge < -0.3 is 9.30 Å². The molecule has 0 saturated carbocycles. The van der Waals surface area contributed by atoms with E-state index >= 15 is 0 Å². The van der Waals surface area contributed by atoms with E-state index in [9.17, 15) is 0 Å². The molecule has 0 bridgehead atoms. The summed E-state index contributed by atoms with van der Waals surface area (Å²) in [5.41, 5.74) is 0. The number of hydrogen-bond donors (Lipinski definition) is 0. The second kappa shape index (κ2) is 5.85. The van der Waals surface area contributed by atoms with E-state index in [0.717, 1.165) is 5.82 Å². The number of nitrogens with zero attached hydrogens (tertiary/aromatic N) is 3. The first-order chi connectivity index (χ1) is 5.34. The molecule has 0 amide bonds. The second-order valence-electron chi connectivity index (χ2n) is 1.79. The highest BCUT2D eigenvalue weighted by molar-refractivity contribution is 4.79. The number of aryl methyl sites for hydroxylation is 1. The molecule has 1 rings (SSSR count). The van der Waals surface area contributed by atoms with Gasteiger partial charge in [-0.05, 0) is 0 Å². The average molecular weight is 157 g/mol. The number of aromatic nitrogens is 3. The Labute approximate surface area is 67.2 Å². The summed E-state index contributed by atoms with van der Waals surface area (Å²) in [6, 6.07) is 0. The van der Waals surface area contributed by atoms with Gasteiger partial charge in [0.25, 0.3) is 0 Å². The first-order valence-corrected chi connectivity index (χ1v) is 3.66. The summed E-state index contributed by atoms with van der Waals surface area (Å²) in [6.45, 7) is 4.52. The summed E-state index contributed by atoms with van der Waals surface area (Å²) < 4.78 is 6.67. The van der Waals surface area contributed by atoms with Crippen molar-refractivity contribution in [1.29, 1.82) is 0 Å². The van der Waals surface area contributed by atoms with Crippen LogP contribution in [0.5, 0.6) is 0 Å². The summed E-state index contributed by atoms with van der Waals surface area (Å²) in [4.78, 5) is 0. The van der Waals surface area contributed by atoms with Gasteiger partial charge >= 0.3 is 0 Å². The highest BCUT2D eigenvalue weighted by Crippen LogP contribution is 1.91. The smallest absolute Gasteiger partial charge is 0.158 e. The van der Waals surface area contributed by atoms with Gasteiger partial charge in [-0.2, -0.15) is 0 Å². The summed E-state index contributed by atoms with van der Waals surface area (Å²) in [5, 5.41) is 7.47. The number of rotatable bonds is 2. The predicted molar refractivity (Wildman–Crippen MR) is 43.1 cm³/mol. The standard InChI is InChI=1S/C5H9N3O.C2H6/c1-8-4-6-7-5(8)3-9-2;1-2/h4H,3H2,1-2H3;1-2H3. The zero-order valence-electron chi connectivity index (χ0n) is 7.53. The first kappa shape index (κ1) is 10.1. The predicted octanol–water partition coefficient (Wildman–Crippen LogP) is 0.988. The maximum atomic E-state index is 4.84. The van der Waals surface area contributed by atoms with Crippen molar-refractivity contribution in [3.05, 3.63) is 12.2 Å². The molecule has 0 unspecified atom stereocenters. The van der Waals surface area contributed by atoms with Gasteiger partial charge in [-0.15, -0.1) is 10.2 Å². The number of hydrogen-bond acceptors (Lipinski definition) is 3. The Kier molecular flexibility index (Phi) is 5.37. The molecule has 0 aliphatic heterocycles. The van der Waals surface area contributed by atoms with Crippen molar-refractivity contribution in [3.63, 3.8) is 0 Å². The number of methoxy groups -OCH3 is 1. The molecule has 4 nitrogen and oxygen atoms in total. The van der Waals surface area contributed by atoms with Crippen LogP contribution in [0.3, 0.4) is 0 Å². The van der Waals surface area contributed by atoms with Crippen molar-refractivity contribution in [3.8, 4) is 0 Å². The van der Waals surface area contributed by atoms with Gasteiger partial charge in [0.2, 0.25) is 0 Å². The molecule has 0 radical (unpaired) electrons. The molecule has 0 atom stereocenters. The minimum absolute atomic E-state index is 0.524. The molecule has 0 aliphatic carbocycles. The Morgan fingerprint density at radius 1 is 1.55 bits per heavy atom. The van der Waals surface area contributed by atoms with Gasteiger partial charge in [-0.1, -0.05) is 13.8 Å². The maximum Gasteiger partial charge on any atom is 0.158 e. The van der Waals surface area contributed by atoms with Crippen LogP contribution in [-0.2, 0) is 18.4 Å². The monoisotopic (exact) mass is 157 g/mol. The summed E-state index contributed by atoms with van der Waals surface area (Å²) in [5.74, 6) is 0.845. The zero-order valence-corrected chi connectivity index (χ0v) is 7.53. The summed E-state index contributed by atoms with van der Waals surface area (Å²) in [6.07, 6.45) is 1.65. The van der Waals surface area contributed by atoms with Crippen LogP contribution in [0.4, 0.5) is 0 Å². The summed E-state index contributed by atoms with van der Waals surface area (Å²) >= 11 is 0. The molecule has 0 fully saturated rings. The van der Waals surface area contributed by atoms with Crippen molar-refractivity contribution in [2.45, 2.75) is 20.5 Å². The van der Waals surface area contributed by atoms with Crippen molar-refractivity contribution in [1.82, 2.24) is 14.8 Å². The minimum atomic E-state index is 0.524. The molecule has 0 N–H and O–H groups in total. The minimum Gasteiger partial charge on any atom is -0.377 e. The van der Waals surface area contributed by atoms with Crippen LogP contribution in [0.25, 0.3) is 0 Å². The molecule has 1 aromatic heterocycles. The van der Waals surface area contributed by atoms with Crippen molar-refractivity contribution < 1.29 is 4.74 Å². The molecule has 1 heterocycles. The molecular weight excluding hydrogens is 142 g/mol. The average Bonchev–Trinajstić information content (AvgIpc) is 2.42. The lowest BCUT2D eigenvalue weighted by Gasteiger charge is -1.95. The fourth-order valence-corrected chi connectivity index (χ4v) is 0.567. The lowest BCUT2D eigenvalue weighted by atomic mass is 10.6. The second-order valence-corrected chi connectivity index (χ2v) is 1.79. The van der Waals surface area contributed by atoms with Crippen molar-refractivity contribution in [2.75, 3.05) is 7.11 Å². The van der Waals surface area contributed by atoms with Gasteiger partial charge in [0, 0.05) is 14.2 Å². The largest absolute Gasteiger partial charge is 0.377 e. The third kappa shape index (κ3) is 3.13. The molecule has 0 aliphatic rings. The summed E-state index contributed by atoms with van der Waals surface area (Å²) in [7, 11) is 3.52. The number of ether oxygens (including phenoxy) is 1. The lowest BCUT2D eigenvalue weighted by Crippen LogP contribution is -1.97. The SMILES string of the molecule is CC.COCc1nncn1C. The van der Waals surface area contributed by atoms with Crippen molar-refractivity contribution >= 4 is 0 Å². The van der Waals surface area contributed by atoms with Crippen LogP contribution in [0.15, 0.2) is 6.33 Å². The van der Waals surface area contributed by atoms with Gasteiger partial charge in [-0.3, -0.25) is 0 Å². The quantitative estimate of drug-likeness (QED) is 0.642. The van der Waals surface area contributed by atoms with Gasteiger partial charge in [0.05, 0.1) is 0 Å². The van der Waals surface area contributed by atoms with E-state index in [1.165, 1.54) is 0 Å². The van der Waals surface area contributed by atoms with Crippen LogP contribution < -0.4 is 0 Å². The zero-order chi connectivity index (χ0) is 8.69. The highest BCUT2D eigenvalue weighted by atomic mass is 16.5. The van der Waals surface area contributed by atoms with E-state index < -0.39 is 0 Å². The molecule has 64 valence electrons. The molecule has 0 spiro atoms. The van der Waals surface area contributed by atoms with Crippen LogP contribution in [0.2, 0.25) is 0 Å². The molecule has 0 saturated heterocycles. The van der Waals surface area contributed by atoms with E-state index in [4.69, 9.17) is 4.74 Å². The van der Waals surface area contributed by atoms with E-state index in [2.05, 4.69) is 10.2 Å². The van der Waals surface area contributed by atoms with E-state index in [-0.39, 0.29) is 0 Å². The van der Waals surface area contributed by atoms with Crippen molar-refractivity contribution in [2.24, 2.45) is 7.05 Å². The van der Waals surface area contributed by atoms with E-state index in [1.807, 2.05) is 25.5 Å². The maximum absolute atomic E-state index is 4.84. The Balaban J connectivity index is 0.000000461. The third-order valence-electron chi connectivity index (χ3n) is 1.08. The van der Waals surface area contributed by atoms with Gasteiger partial charge in [-0.25, -0.2) is 0 Å². The van der Waals surface area contributed by atoms with Crippen LogP contribution >= 0.6 is 0 Å². The van der Waals surface area contributed by atoms with Crippen LogP contribution in [0, 0.1) is 0 Å². The van der Waals surface area contributed by atoms with E-state index in [1.54, 1.807) is 13.4 Å². The van der Waals surface area contributed by atoms with Crippen LogP contribution in [-0.4, -0.2) is 21.9 Å². The van der Waals surface area contributed by atoms with E-state index in [0.29, 0.717) is 6.61 Å². The van der Waals surface area contributed by atoms with Gasteiger partial charge in [0.1, 0.15) is 12.9 Å². The van der Waals surface area contributed by atoms with Crippen LogP contribution in [0.1, 0.15) is 19.7 Å². The molecule has 1 aromatic rings. The Bertz CT molecular complexity index is 186. The fourth-order valence-electron chi connectivity index (χ4n) is 0.567. The molecule has 11 heavy (non-hydrogen) atoms.